The zero-order valence-electron chi connectivity index (χ0n) is 11.5. The van der Waals surface area contributed by atoms with Crippen molar-refractivity contribution in [1.29, 1.82) is 0 Å². The highest BCUT2D eigenvalue weighted by Crippen LogP contribution is 2.13. The Morgan fingerprint density at radius 3 is 2.16 bits per heavy atom. The molecular formula is C12H18O5SSi. The number of carbonyl (C=O) groups is 1. The largest absolute Gasteiger partial charge is 0.518 e. The first kappa shape index (κ1) is 15.9. The minimum Gasteiger partial charge on any atom is -0.518 e. The van der Waals surface area contributed by atoms with Crippen molar-refractivity contribution >= 4 is 24.4 Å². The van der Waals surface area contributed by atoms with Crippen molar-refractivity contribution < 1.29 is 21.8 Å². The summed E-state index contributed by atoms with van der Waals surface area (Å²) in [6.45, 7) is 6.75. The maximum atomic E-state index is 11.8. The van der Waals surface area contributed by atoms with Gasteiger partial charge in [0.05, 0.1) is 4.90 Å². The molecule has 0 saturated carbocycles. The molecule has 0 unspecified atom stereocenters. The molecule has 0 heterocycles. The third-order valence-electron chi connectivity index (χ3n) is 2.06. The van der Waals surface area contributed by atoms with Gasteiger partial charge in [0.2, 0.25) is 8.32 Å². The van der Waals surface area contributed by atoms with Gasteiger partial charge in [0, 0.05) is 0 Å². The third kappa shape index (κ3) is 5.54. The first-order valence-corrected chi connectivity index (χ1v) is 10.6. The molecule has 5 nitrogen and oxygen atoms in total. The summed E-state index contributed by atoms with van der Waals surface area (Å²) in [5.41, 5.74) is 0.942. The molecule has 0 fully saturated rings. The van der Waals surface area contributed by atoms with Crippen LogP contribution >= 0.6 is 0 Å². The molecule has 0 bridgehead atoms. The summed E-state index contributed by atoms with van der Waals surface area (Å²) in [6, 6.07) is 6.20. The van der Waals surface area contributed by atoms with E-state index in [1.165, 1.54) is 12.1 Å². The van der Waals surface area contributed by atoms with Gasteiger partial charge in [-0.3, -0.25) is 8.98 Å². The summed E-state index contributed by atoms with van der Waals surface area (Å²) in [5.74, 6) is -0.658. The molecule has 0 aliphatic heterocycles. The van der Waals surface area contributed by atoms with Crippen LogP contribution in [0.25, 0.3) is 0 Å². The molecule has 0 spiro atoms. The van der Waals surface area contributed by atoms with Crippen LogP contribution in [0, 0.1) is 6.92 Å². The van der Waals surface area contributed by atoms with Crippen LogP contribution in [0.3, 0.4) is 0 Å². The Hall–Kier alpha value is -1.18. The zero-order valence-corrected chi connectivity index (χ0v) is 13.3. The smallest absolute Gasteiger partial charge is 0.320 e. The van der Waals surface area contributed by atoms with Crippen LogP contribution in [-0.4, -0.2) is 29.3 Å². The minimum atomic E-state index is -3.91. The van der Waals surface area contributed by atoms with E-state index in [9.17, 15) is 13.2 Å². The molecule has 1 aromatic carbocycles. The topological polar surface area (TPSA) is 69.7 Å². The van der Waals surface area contributed by atoms with Gasteiger partial charge in [-0.2, -0.15) is 8.42 Å². The lowest BCUT2D eigenvalue weighted by molar-refractivity contribution is -0.137. The average Bonchev–Trinajstić information content (AvgIpc) is 2.25. The lowest BCUT2D eigenvalue weighted by Gasteiger charge is -2.17. The lowest BCUT2D eigenvalue weighted by Crippen LogP contribution is -2.31. The Bertz CT molecular complexity index is 542. The maximum Gasteiger partial charge on any atom is 0.320 e. The SMILES string of the molecule is Cc1ccc(S(=O)(=O)OCC(=O)O[Si](C)(C)C)cc1. The predicted octanol–water partition coefficient (Wildman–Crippen LogP) is 2.08. The van der Waals surface area contributed by atoms with Gasteiger partial charge in [-0.05, 0) is 38.7 Å². The van der Waals surface area contributed by atoms with Crippen LogP contribution in [-0.2, 0) is 23.5 Å². The average molecular weight is 302 g/mol. The van der Waals surface area contributed by atoms with E-state index in [0.29, 0.717) is 0 Å². The van der Waals surface area contributed by atoms with E-state index in [1.54, 1.807) is 12.1 Å². The number of benzene rings is 1. The van der Waals surface area contributed by atoms with Crippen LogP contribution in [0.2, 0.25) is 19.6 Å². The van der Waals surface area contributed by atoms with E-state index < -0.39 is 31.0 Å². The van der Waals surface area contributed by atoms with Gasteiger partial charge in [0.15, 0.2) is 6.61 Å². The first-order chi connectivity index (χ1) is 8.60. The Balaban J connectivity index is 2.66. The molecule has 0 aliphatic carbocycles. The fraction of sp³-hybridized carbons (Fsp3) is 0.417. The summed E-state index contributed by atoms with van der Waals surface area (Å²) < 4.78 is 33.4. The molecule has 0 aliphatic rings. The molecule has 0 aromatic heterocycles. The van der Waals surface area contributed by atoms with Gasteiger partial charge in [-0.15, -0.1) is 0 Å². The van der Waals surface area contributed by atoms with Crippen molar-refractivity contribution in [2.24, 2.45) is 0 Å². The molecule has 7 heteroatoms. The van der Waals surface area contributed by atoms with Crippen molar-refractivity contribution in [3.05, 3.63) is 29.8 Å². The number of hydrogen-bond acceptors (Lipinski definition) is 5. The minimum absolute atomic E-state index is 0.0268. The normalized spacial score (nSPS) is 12.2. The van der Waals surface area contributed by atoms with Crippen LogP contribution in [0.1, 0.15) is 5.56 Å². The summed E-state index contributed by atoms with van der Waals surface area (Å²) in [6.07, 6.45) is 0. The molecule has 0 atom stereocenters. The quantitative estimate of drug-likeness (QED) is 0.615. The van der Waals surface area contributed by atoms with Crippen molar-refractivity contribution in [1.82, 2.24) is 0 Å². The van der Waals surface area contributed by atoms with Gasteiger partial charge < -0.3 is 4.43 Å². The molecule has 1 aromatic rings. The van der Waals surface area contributed by atoms with Crippen molar-refractivity contribution in [2.45, 2.75) is 31.5 Å². The fourth-order valence-electron chi connectivity index (χ4n) is 1.27. The molecule has 1 rings (SSSR count). The molecule has 0 saturated heterocycles. The number of rotatable bonds is 5. The van der Waals surface area contributed by atoms with Gasteiger partial charge in [0.1, 0.15) is 0 Å². The van der Waals surface area contributed by atoms with E-state index in [4.69, 9.17) is 4.43 Å². The second-order valence-corrected chi connectivity index (χ2v) is 11.2. The van der Waals surface area contributed by atoms with Crippen LogP contribution in [0.15, 0.2) is 29.2 Å². The summed E-state index contributed by atoms with van der Waals surface area (Å²) >= 11 is 0. The highest BCUT2D eigenvalue weighted by molar-refractivity contribution is 7.86. The van der Waals surface area contributed by atoms with Crippen LogP contribution in [0.4, 0.5) is 0 Å². The summed E-state index contributed by atoms with van der Waals surface area (Å²) in [7, 11) is -5.94. The Morgan fingerprint density at radius 2 is 1.68 bits per heavy atom. The van der Waals surface area contributed by atoms with E-state index in [-0.39, 0.29) is 4.90 Å². The van der Waals surface area contributed by atoms with Gasteiger partial charge in [0.25, 0.3) is 10.1 Å². The Labute approximate surface area is 114 Å². The zero-order chi connectivity index (χ0) is 14.7. The van der Waals surface area contributed by atoms with Crippen LogP contribution in [0.5, 0.6) is 0 Å². The second-order valence-electron chi connectivity index (χ2n) is 5.12. The van der Waals surface area contributed by atoms with E-state index in [1.807, 2.05) is 26.6 Å². The lowest BCUT2D eigenvalue weighted by atomic mass is 10.2. The first-order valence-electron chi connectivity index (χ1n) is 5.78. The summed E-state index contributed by atoms with van der Waals surface area (Å²) in [4.78, 5) is 11.4. The van der Waals surface area contributed by atoms with E-state index in [2.05, 4.69) is 4.18 Å². The highest BCUT2D eigenvalue weighted by atomic mass is 32.2. The highest BCUT2D eigenvalue weighted by Gasteiger charge is 2.22. The Morgan fingerprint density at radius 1 is 1.16 bits per heavy atom. The standard InChI is InChI=1S/C12H18O5SSi/c1-10-5-7-11(8-6-10)18(14,15)16-9-12(13)17-19(2,3)4/h5-8H,9H2,1-4H3. The predicted molar refractivity (Wildman–Crippen MR) is 73.8 cm³/mol. The fourth-order valence-corrected chi connectivity index (χ4v) is 2.87. The molecular weight excluding hydrogens is 284 g/mol. The molecule has 0 N–H and O–H groups in total. The molecule has 106 valence electrons. The van der Waals surface area contributed by atoms with Crippen LogP contribution < -0.4 is 0 Å². The van der Waals surface area contributed by atoms with Crippen molar-refractivity contribution in [3.8, 4) is 0 Å². The van der Waals surface area contributed by atoms with Gasteiger partial charge in [-0.25, -0.2) is 0 Å². The van der Waals surface area contributed by atoms with Crippen molar-refractivity contribution in [3.63, 3.8) is 0 Å². The monoisotopic (exact) mass is 302 g/mol. The molecule has 0 radical (unpaired) electrons. The van der Waals surface area contributed by atoms with Gasteiger partial charge in [-0.1, -0.05) is 17.7 Å². The Kier molecular flexibility index (Phi) is 4.89. The molecule has 19 heavy (non-hydrogen) atoms. The third-order valence-corrected chi connectivity index (χ3v) is 4.18. The van der Waals surface area contributed by atoms with E-state index >= 15 is 0 Å². The number of aryl methyl sites for hydroxylation is 1. The summed E-state index contributed by atoms with van der Waals surface area (Å²) in [5, 5.41) is 0. The maximum absolute atomic E-state index is 11.8. The van der Waals surface area contributed by atoms with Gasteiger partial charge >= 0.3 is 5.97 Å². The van der Waals surface area contributed by atoms with E-state index in [0.717, 1.165) is 5.56 Å². The second kappa shape index (κ2) is 5.85. The van der Waals surface area contributed by atoms with Crippen molar-refractivity contribution in [2.75, 3.05) is 6.61 Å². The number of carbonyl (C=O) groups excluding carboxylic acids is 1. The number of hydrogen-bond donors (Lipinski definition) is 0. The molecule has 0 amide bonds.